The zero-order valence-corrected chi connectivity index (χ0v) is 14.4. The summed E-state index contributed by atoms with van der Waals surface area (Å²) in [6.07, 6.45) is 3.66. The third-order valence-corrected chi connectivity index (χ3v) is 5.34. The van der Waals surface area contributed by atoms with Gasteiger partial charge in [-0.1, -0.05) is 12.1 Å². The summed E-state index contributed by atoms with van der Waals surface area (Å²) >= 11 is 1.74. The molecule has 0 fully saturated rings. The fraction of sp³-hybridized carbons (Fsp3) is 0.158. The van der Waals surface area contributed by atoms with Gasteiger partial charge in [-0.3, -0.25) is 0 Å². The van der Waals surface area contributed by atoms with Crippen molar-refractivity contribution >= 4 is 23.3 Å². The highest BCUT2D eigenvalue weighted by Crippen LogP contribution is 2.38. The molecule has 0 atom stereocenters. The number of aromatic nitrogens is 2. The van der Waals surface area contributed by atoms with Crippen LogP contribution in [0.5, 0.6) is 0 Å². The Hall–Kier alpha value is -2.91. The van der Waals surface area contributed by atoms with Crippen LogP contribution in [0.4, 0.5) is 11.4 Å². The number of benzene rings is 2. The largest absolute Gasteiger partial charge is 0.363 e. The molecular formula is C19H17N5S. The maximum atomic E-state index is 8.99. The third-order valence-electron chi connectivity index (χ3n) is 4.18. The molecule has 124 valence electrons. The molecule has 1 aliphatic rings. The summed E-state index contributed by atoms with van der Waals surface area (Å²) < 4.78 is 2.28. The van der Waals surface area contributed by atoms with E-state index >= 15 is 0 Å². The lowest BCUT2D eigenvalue weighted by molar-refractivity contribution is 0.779. The van der Waals surface area contributed by atoms with Crippen molar-refractivity contribution in [1.29, 1.82) is 5.26 Å². The zero-order chi connectivity index (χ0) is 17.1. The lowest BCUT2D eigenvalue weighted by Crippen LogP contribution is -2.29. The lowest BCUT2D eigenvalue weighted by Gasteiger charge is -2.24. The number of nitrogens with zero attached hydrogens (tertiary/aromatic N) is 4. The Kier molecular flexibility index (Phi) is 4.32. The van der Waals surface area contributed by atoms with Crippen LogP contribution in [-0.4, -0.2) is 23.1 Å². The van der Waals surface area contributed by atoms with Gasteiger partial charge in [-0.05, 0) is 48.3 Å². The topological polar surface area (TPSA) is 59.0 Å². The maximum Gasteiger partial charge on any atom is 0.0991 e. The monoisotopic (exact) mass is 347 g/mol. The van der Waals surface area contributed by atoms with Crippen LogP contribution in [-0.2, 0) is 6.54 Å². The first kappa shape index (κ1) is 15.6. The molecule has 25 heavy (non-hydrogen) atoms. The van der Waals surface area contributed by atoms with E-state index in [4.69, 9.17) is 5.26 Å². The van der Waals surface area contributed by atoms with Crippen LogP contribution in [0.2, 0.25) is 0 Å². The van der Waals surface area contributed by atoms with E-state index in [1.165, 1.54) is 10.6 Å². The second kappa shape index (κ2) is 6.91. The van der Waals surface area contributed by atoms with Gasteiger partial charge in [0.05, 0.1) is 40.8 Å². The molecule has 0 amide bonds. The van der Waals surface area contributed by atoms with Gasteiger partial charge in [0.2, 0.25) is 0 Å². The second-order valence-electron chi connectivity index (χ2n) is 5.80. The van der Waals surface area contributed by atoms with Gasteiger partial charge < -0.3 is 14.2 Å². The molecule has 6 heteroatoms. The number of aromatic amines is 1. The Morgan fingerprint density at radius 3 is 2.72 bits per heavy atom. The molecule has 0 saturated carbocycles. The van der Waals surface area contributed by atoms with E-state index in [0.29, 0.717) is 5.56 Å². The van der Waals surface area contributed by atoms with Gasteiger partial charge >= 0.3 is 0 Å². The number of anilines is 2. The normalized spacial score (nSPS) is 13.9. The molecule has 0 unspecified atom stereocenters. The van der Waals surface area contributed by atoms with Gasteiger partial charge in [0, 0.05) is 25.0 Å². The molecule has 1 aliphatic heterocycles. The number of imidazole rings is 1. The molecule has 1 N–H and O–H groups in total. The van der Waals surface area contributed by atoms with Crippen molar-refractivity contribution in [1.82, 2.24) is 9.97 Å². The molecule has 0 bridgehead atoms. The highest BCUT2D eigenvalue weighted by atomic mass is 32.2. The molecule has 2 aromatic carbocycles. The summed E-state index contributed by atoms with van der Waals surface area (Å²) in [6.45, 7) is 2.56. The Labute approximate surface area is 151 Å². The van der Waals surface area contributed by atoms with Crippen LogP contribution in [0.25, 0.3) is 0 Å². The molecule has 5 nitrogen and oxygen atoms in total. The number of nitriles is 1. The van der Waals surface area contributed by atoms with Crippen molar-refractivity contribution < 1.29 is 0 Å². The third kappa shape index (κ3) is 3.32. The maximum absolute atomic E-state index is 8.99. The minimum atomic E-state index is 0.684. The molecule has 4 rings (SSSR count). The standard InChI is InChI=1S/C19H17N5S/c20-11-15-5-7-17(8-6-15)24-10-9-23(13-16-12-21-14-22-16)18-3-1-2-4-19(18)25-24/h1-8,12,14H,9-10,13H2,(H,21,22). The van der Waals surface area contributed by atoms with Crippen molar-refractivity contribution in [3.05, 3.63) is 72.3 Å². The van der Waals surface area contributed by atoms with Gasteiger partial charge in [0.25, 0.3) is 0 Å². The molecule has 0 saturated heterocycles. The van der Waals surface area contributed by atoms with Gasteiger partial charge in [-0.15, -0.1) is 0 Å². The number of H-pyrrole nitrogens is 1. The van der Waals surface area contributed by atoms with Crippen LogP contribution in [0.3, 0.4) is 0 Å². The summed E-state index contributed by atoms with van der Waals surface area (Å²) in [5.74, 6) is 0. The summed E-state index contributed by atoms with van der Waals surface area (Å²) in [6, 6.07) is 18.4. The minimum absolute atomic E-state index is 0.684. The first-order valence-corrected chi connectivity index (χ1v) is 8.88. The van der Waals surface area contributed by atoms with Gasteiger partial charge in [0.1, 0.15) is 0 Å². The van der Waals surface area contributed by atoms with E-state index in [2.05, 4.69) is 49.5 Å². The quantitative estimate of drug-likeness (QED) is 0.730. The van der Waals surface area contributed by atoms with E-state index in [1.807, 2.05) is 30.5 Å². The first-order chi connectivity index (χ1) is 12.3. The van der Waals surface area contributed by atoms with Crippen LogP contribution >= 0.6 is 11.9 Å². The molecule has 3 aromatic rings. The van der Waals surface area contributed by atoms with E-state index in [0.717, 1.165) is 31.0 Å². The fourth-order valence-electron chi connectivity index (χ4n) is 2.91. The predicted molar refractivity (Wildman–Crippen MR) is 100 cm³/mol. The first-order valence-electron chi connectivity index (χ1n) is 8.11. The van der Waals surface area contributed by atoms with Crippen molar-refractivity contribution in [3.63, 3.8) is 0 Å². The summed E-state index contributed by atoms with van der Waals surface area (Å²) in [5.41, 5.74) is 4.06. The summed E-state index contributed by atoms with van der Waals surface area (Å²) in [7, 11) is 0. The smallest absolute Gasteiger partial charge is 0.0991 e. The van der Waals surface area contributed by atoms with Crippen molar-refractivity contribution in [2.75, 3.05) is 22.3 Å². The fourth-order valence-corrected chi connectivity index (χ4v) is 3.98. The van der Waals surface area contributed by atoms with E-state index in [-0.39, 0.29) is 0 Å². The van der Waals surface area contributed by atoms with E-state index < -0.39 is 0 Å². The summed E-state index contributed by atoms with van der Waals surface area (Å²) in [4.78, 5) is 11.0. The average Bonchev–Trinajstić information content (AvgIpc) is 3.10. The van der Waals surface area contributed by atoms with E-state index in [9.17, 15) is 0 Å². The highest BCUT2D eigenvalue weighted by molar-refractivity contribution is 8.00. The van der Waals surface area contributed by atoms with Gasteiger partial charge in [0.15, 0.2) is 0 Å². The predicted octanol–water partition coefficient (Wildman–Crippen LogP) is 3.82. The zero-order valence-electron chi connectivity index (χ0n) is 13.6. The number of fused-ring (bicyclic) bond motifs is 1. The molecule has 1 aromatic heterocycles. The van der Waals surface area contributed by atoms with Crippen LogP contribution in [0.1, 0.15) is 11.3 Å². The minimum Gasteiger partial charge on any atom is -0.363 e. The number of hydrogen-bond donors (Lipinski definition) is 1. The Bertz CT molecular complexity index is 883. The Morgan fingerprint density at radius 2 is 1.96 bits per heavy atom. The second-order valence-corrected chi connectivity index (χ2v) is 6.87. The van der Waals surface area contributed by atoms with Gasteiger partial charge in [-0.25, -0.2) is 4.98 Å². The van der Waals surface area contributed by atoms with Crippen molar-refractivity contribution in [2.45, 2.75) is 11.4 Å². The Morgan fingerprint density at radius 1 is 1.12 bits per heavy atom. The Balaban J connectivity index is 1.62. The molecular weight excluding hydrogens is 330 g/mol. The van der Waals surface area contributed by atoms with Crippen molar-refractivity contribution in [2.24, 2.45) is 0 Å². The van der Waals surface area contributed by atoms with Crippen LogP contribution in [0, 0.1) is 11.3 Å². The lowest BCUT2D eigenvalue weighted by atomic mass is 10.2. The van der Waals surface area contributed by atoms with E-state index in [1.54, 1.807) is 18.3 Å². The summed E-state index contributed by atoms with van der Waals surface area (Å²) in [5, 5.41) is 8.99. The molecule has 2 heterocycles. The number of nitrogens with one attached hydrogen (secondary N) is 1. The number of hydrogen-bond acceptors (Lipinski definition) is 5. The van der Waals surface area contributed by atoms with Gasteiger partial charge in [-0.2, -0.15) is 5.26 Å². The molecule has 0 aliphatic carbocycles. The highest BCUT2D eigenvalue weighted by Gasteiger charge is 2.21. The SMILES string of the molecule is N#Cc1ccc(N2CCN(Cc3c[nH]cn3)c3ccccc3S2)cc1. The number of para-hydroxylation sites is 1. The number of rotatable bonds is 3. The van der Waals surface area contributed by atoms with Crippen molar-refractivity contribution in [3.8, 4) is 6.07 Å². The van der Waals surface area contributed by atoms with Crippen LogP contribution < -0.4 is 9.21 Å². The average molecular weight is 347 g/mol. The van der Waals surface area contributed by atoms with Crippen LogP contribution in [0.15, 0.2) is 66.0 Å². The molecule has 0 radical (unpaired) electrons. The molecule has 0 spiro atoms.